The van der Waals surface area contributed by atoms with Gasteiger partial charge in [0.2, 0.25) is 0 Å². The molecule has 110 valence electrons. The molecule has 0 heterocycles. The van der Waals surface area contributed by atoms with Gasteiger partial charge in [-0.05, 0) is 31.5 Å². The van der Waals surface area contributed by atoms with Gasteiger partial charge in [0.05, 0.1) is 0 Å². The first-order chi connectivity index (χ1) is 10.6. The molecule has 2 aromatic rings. The number of hydrogen-bond acceptors (Lipinski definition) is 1. The SMILES string of the molecule is CC1=CC(c2ccc(Cl)cc2C(=O)c2ccccc2)C(C)=C1. The van der Waals surface area contributed by atoms with Gasteiger partial charge in [-0.1, -0.05) is 71.3 Å². The molecule has 0 fully saturated rings. The maximum atomic E-state index is 12.9. The smallest absolute Gasteiger partial charge is 0.193 e. The molecule has 1 atom stereocenters. The molecule has 3 rings (SSSR count). The van der Waals surface area contributed by atoms with Crippen LogP contribution in [0.15, 0.2) is 71.8 Å². The van der Waals surface area contributed by atoms with E-state index in [1.807, 2.05) is 42.5 Å². The number of benzene rings is 2. The quantitative estimate of drug-likeness (QED) is 0.678. The highest BCUT2D eigenvalue weighted by Gasteiger charge is 2.22. The Morgan fingerprint density at radius 1 is 1.05 bits per heavy atom. The van der Waals surface area contributed by atoms with Crippen molar-refractivity contribution in [1.29, 1.82) is 0 Å². The average molecular weight is 309 g/mol. The van der Waals surface area contributed by atoms with Gasteiger partial charge in [0.15, 0.2) is 5.78 Å². The summed E-state index contributed by atoms with van der Waals surface area (Å²) in [4.78, 5) is 12.9. The van der Waals surface area contributed by atoms with Crippen LogP contribution in [-0.4, -0.2) is 5.78 Å². The fourth-order valence-electron chi connectivity index (χ4n) is 2.97. The third kappa shape index (κ3) is 2.77. The molecule has 1 aliphatic rings. The largest absolute Gasteiger partial charge is 0.289 e. The summed E-state index contributed by atoms with van der Waals surface area (Å²) >= 11 is 6.14. The zero-order valence-electron chi connectivity index (χ0n) is 12.6. The summed E-state index contributed by atoms with van der Waals surface area (Å²) in [5.74, 6) is 0.170. The normalized spacial score (nSPS) is 17.1. The predicted molar refractivity (Wildman–Crippen MR) is 91.6 cm³/mol. The molecule has 0 saturated carbocycles. The minimum absolute atomic E-state index is 0.0175. The van der Waals surface area contributed by atoms with Crippen LogP contribution in [0.2, 0.25) is 5.02 Å². The van der Waals surface area contributed by atoms with Gasteiger partial charge in [-0.25, -0.2) is 0 Å². The number of allylic oxidation sites excluding steroid dienone is 4. The number of ketones is 1. The lowest BCUT2D eigenvalue weighted by molar-refractivity contribution is 0.103. The van der Waals surface area contributed by atoms with Crippen molar-refractivity contribution in [3.8, 4) is 0 Å². The molecule has 2 heteroatoms. The maximum absolute atomic E-state index is 12.9. The second kappa shape index (κ2) is 5.94. The van der Waals surface area contributed by atoms with Crippen LogP contribution < -0.4 is 0 Å². The molecule has 2 aromatic carbocycles. The number of carbonyl (C=O) groups excluding carboxylic acids is 1. The highest BCUT2D eigenvalue weighted by molar-refractivity contribution is 6.31. The second-order valence-corrected chi connectivity index (χ2v) is 6.14. The zero-order chi connectivity index (χ0) is 15.7. The molecule has 0 spiro atoms. The molecule has 1 nitrogen and oxygen atoms in total. The van der Waals surface area contributed by atoms with Crippen LogP contribution >= 0.6 is 11.6 Å². The van der Waals surface area contributed by atoms with E-state index in [0.717, 1.165) is 5.56 Å². The number of hydrogen-bond donors (Lipinski definition) is 0. The monoisotopic (exact) mass is 308 g/mol. The molecule has 0 aliphatic heterocycles. The standard InChI is InChI=1S/C20H17ClO/c1-13-10-14(2)18(11-13)17-9-8-16(21)12-19(17)20(22)15-6-4-3-5-7-15/h3-12,18H,1-2H3. The van der Waals surface area contributed by atoms with Crippen LogP contribution in [0.5, 0.6) is 0 Å². The highest BCUT2D eigenvalue weighted by atomic mass is 35.5. The van der Waals surface area contributed by atoms with E-state index in [0.29, 0.717) is 16.1 Å². The van der Waals surface area contributed by atoms with Crippen molar-refractivity contribution < 1.29 is 4.79 Å². The van der Waals surface area contributed by atoms with E-state index >= 15 is 0 Å². The van der Waals surface area contributed by atoms with E-state index in [2.05, 4.69) is 26.0 Å². The molecule has 0 radical (unpaired) electrons. The van der Waals surface area contributed by atoms with E-state index in [9.17, 15) is 4.79 Å². The first kappa shape index (κ1) is 14.8. The summed E-state index contributed by atoms with van der Waals surface area (Å²) in [6.45, 7) is 4.18. The summed E-state index contributed by atoms with van der Waals surface area (Å²) in [5.41, 5.74) is 4.87. The van der Waals surface area contributed by atoms with Crippen LogP contribution in [0.4, 0.5) is 0 Å². The number of rotatable bonds is 3. The van der Waals surface area contributed by atoms with Gasteiger partial charge in [-0.15, -0.1) is 0 Å². The molecular weight excluding hydrogens is 292 g/mol. The van der Waals surface area contributed by atoms with Gasteiger partial charge in [-0.3, -0.25) is 4.79 Å². The van der Waals surface area contributed by atoms with Crippen LogP contribution in [0.1, 0.15) is 41.3 Å². The van der Waals surface area contributed by atoms with Crippen LogP contribution in [0.3, 0.4) is 0 Å². The molecule has 22 heavy (non-hydrogen) atoms. The molecule has 0 amide bonds. The number of carbonyl (C=O) groups is 1. The third-order valence-corrected chi connectivity index (χ3v) is 4.24. The van der Waals surface area contributed by atoms with E-state index in [-0.39, 0.29) is 11.7 Å². The lowest BCUT2D eigenvalue weighted by Crippen LogP contribution is -2.08. The Balaban J connectivity index is 2.10. The Morgan fingerprint density at radius 2 is 1.77 bits per heavy atom. The highest BCUT2D eigenvalue weighted by Crippen LogP contribution is 2.36. The van der Waals surface area contributed by atoms with Crippen molar-refractivity contribution >= 4 is 17.4 Å². The Morgan fingerprint density at radius 3 is 2.41 bits per heavy atom. The third-order valence-electron chi connectivity index (χ3n) is 4.01. The summed E-state index contributed by atoms with van der Waals surface area (Å²) in [5, 5.41) is 0.586. The molecule has 0 bridgehead atoms. The van der Waals surface area contributed by atoms with Gasteiger partial charge >= 0.3 is 0 Å². The topological polar surface area (TPSA) is 17.1 Å². The van der Waals surface area contributed by atoms with Crippen molar-refractivity contribution in [1.82, 2.24) is 0 Å². The first-order valence-electron chi connectivity index (χ1n) is 7.32. The fourth-order valence-corrected chi connectivity index (χ4v) is 3.14. The van der Waals surface area contributed by atoms with Crippen molar-refractivity contribution in [3.05, 3.63) is 93.5 Å². The van der Waals surface area contributed by atoms with E-state index < -0.39 is 0 Å². The van der Waals surface area contributed by atoms with E-state index in [4.69, 9.17) is 11.6 Å². The lowest BCUT2D eigenvalue weighted by Gasteiger charge is -2.16. The Kier molecular flexibility index (Phi) is 4.00. The molecule has 0 N–H and O–H groups in total. The Bertz CT molecular complexity index is 785. The second-order valence-electron chi connectivity index (χ2n) is 5.70. The van der Waals surface area contributed by atoms with Crippen LogP contribution in [-0.2, 0) is 0 Å². The maximum Gasteiger partial charge on any atom is 0.193 e. The molecule has 0 aromatic heterocycles. The lowest BCUT2D eigenvalue weighted by atomic mass is 9.87. The minimum atomic E-state index is 0.0175. The Labute approximate surface area is 135 Å². The Hall–Kier alpha value is -2.12. The molecule has 0 saturated heterocycles. The fraction of sp³-hybridized carbons (Fsp3) is 0.150. The predicted octanol–water partition coefficient (Wildman–Crippen LogP) is 5.56. The van der Waals surface area contributed by atoms with E-state index in [1.165, 1.54) is 11.1 Å². The van der Waals surface area contributed by atoms with Gasteiger partial charge in [-0.2, -0.15) is 0 Å². The van der Waals surface area contributed by atoms with Crippen molar-refractivity contribution in [2.24, 2.45) is 0 Å². The van der Waals surface area contributed by atoms with Crippen molar-refractivity contribution in [2.45, 2.75) is 19.8 Å². The number of halogens is 1. The summed E-state index contributed by atoms with van der Waals surface area (Å²) in [6.07, 6.45) is 4.36. The van der Waals surface area contributed by atoms with E-state index in [1.54, 1.807) is 6.07 Å². The first-order valence-corrected chi connectivity index (χ1v) is 7.70. The van der Waals surface area contributed by atoms with Gasteiger partial charge in [0.25, 0.3) is 0 Å². The van der Waals surface area contributed by atoms with Crippen LogP contribution in [0.25, 0.3) is 0 Å². The summed E-state index contributed by atoms with van der Waals surface area (Å²) in [6, 6.07) is 14.9. The molecule has 1 aliphatic carbocycles. The van der Waals surface area contributed by atoms with Gasteiger partial charge in [0.1, 0.15) is 0 Å². The average Bonchev–Trinajstić information content (AvgIpc) is 2.86. The molecular formula is C20H17ClO. The molecule has 1 unspecified atom stereocenters. The van der Waals surface area contributed by atoms with Gasteiger partial charge in [0, 0.05) is 22.1 Å². The summed E-state index contributed by atoms with van der Waals surface area (Å²) < 4.78 is 0. The zero-order valence-corrected chi connectivity index (χ0v) is 13.4. The van der Waals surface area contributed by atoms with Crippen LogP contribution in [0, 0.1) is 0 Å². The van der Waals surface area contributed by atoms with Gasteiger partial charge < -0.3 is 0 Å². The van der Waals surface area contributed by atoms with Crippen molar-refractivity contribution in [3.63, 3.8) is 0 Å². The van der Waals surface area contributed by atoms with Crippen molar-refractivity contribution in [2.75, 3.05) is 0 Å². The minimum Gasteiger partial charge on any atom is -0.289 e. The summed E-state index contributed by atoms with van der Waals surface area (Å²) in [7, 11) is 0.